The zero-order valence-corrected chi connectivity index (χ0v) is 9.57. The highest BCUT2D eigenvalue weighted by molar-refractivity contribution is 5.05. The van der Waals surface area contributed by atoms with Crippen molar-refractivity contribution in [1.29, 1.82) is 0 Å². The normalized spacial score (nSPS) is 36.7. The van der Waals surface area contributed by atoms with E-state index < -0.39 is 5.60 Å². The number of furan rings is 1. The Bertz CT molecular complexity index is 304. The van der Waals surface area contributed by atoms with Gasteiger partial charge in [-0.3, -0.25) is 0 Å². The van der Waals surface area contributed by atoms with Gasteiger partial charge in [0.25, 0.3) is 0 Å². The molecule has 0 aliphatic heterocycles. The third-order valence-electron chi connectivity index (χ3n) is 3.77. The Hall–Kier alpha value is -0.760. The number of hydrogen-bond donors (Lipinski definition) is 1. The van der Waals surface area contributed by atoms with E-state index >= 15 is 0 Å². The topological polar surface area (TPSA) is 33.4 Å². The van der Waals surface area contributed by atoms with Gasteiger partial charge in [-0.2, -0.15) is 0 Å². The van der Waals surface area contributed by atoms with Gasteiger partial charge in [-0.1, -0.05) is 20.3 Å². The minimum atomic E-state index is -0.560. The minimum Gasteiger partial charge on any atom is -0.469 e. The van der Waals surface area contributed by atoms with Gasteiger partial charge in [0, 0.05) is 6.42 Å². The van der Waals surface area contributed by atoms with Crippen molar-refractivity contribution < 1.29 is 9.52 Å². The molecule has 0 spiro atoms. The Morgan fingerprint density at radius 3 is 2.93 bits per heavy atom. The molecule has 0 aromatic carbocycles. The maximum absolute atomic E-state index is 10.6. The second kappa shape index (κ2) is 4.01. The molecular formula is C13H20O2. The van der Waals surface area contributed by atoms with Gasteiger partial charge in [0.2, 0.25) is 0 Å². The van der Waals surface area contributed by atoms with E-state index in [-0.39, 0.29) is 0 Å². The van der Waals surface area contributed by atoms with Crippen molar-refractivity contribution in [3.05, 3.63) is 24.2 Å². The van der Waals surface area contributed by atoms with Crippen LogP contribution < -0.4 is 0 Å². The van der Waals surface area contributed by atoms with Gasteiger partial charge in [0.1, 0.15) is 5.76 Å². The van der Waals surface area contributed by atoms with Crippen LogP contribution in [-0.2, 0) is 6.42 Å². The molecule has 0 amide bonds. The summed E-state index contributed by atoms with van der Waals surface area (Å²) in [7, 11) is 0. The summed E-state index contributed by atoms with van der Waals surface area (Å²) in [5.41, 5.74) is -0.560. The van der Waals surface area contributed by atoms with Gasteiger partial charge in [-0.05, 0) is 36.8 Å². The van der Waals surface area contributed by atoms with Crippen LogP contribution in [0.1, 0.15) is 38.9 Å². The Morgan fingerprint density at radius 1 is 1.47 bits per heavy atom. The summed E-state index contributed by atoms with van der Waals surface area (Å²) in [6, 6.07) is 3.83. The van der Waals surface area contributed by atoms with Crippen LogP contribution in [-0.4, -0.2) is 10.7 Å². The zero-order valence-electron chi connectivity index (χ0n) is 9.57. The summed E-state index contributed by atoms with van der Waals surface area (Å²) in [6.07, 6.45) is 5.59. The van der Waals surface area contributed by atoms with Crippen molar-refractivity contribution in [2.24, 2.45) is 11.8 Å². The van der Waals surface area contributed by atoms with Crippen LogP contribution in [0.15, 0.2) is 22.8 Å². The van der Waals surface area contributed by atoms with Gasteiger partial charge in [0.15, 0.2) is 0 Å². The molecule has 1 aromatic rings. The van der Waals surface area contributed by atoms with Crippen LogP contribution in [0.25, 0.3) is 0 Å². The number of aliphatic hydroxyl groups is 1. The summed E-state index contributed by atoms with van der Waals surface area (Å²) < 4.78 is 5.33. The van der Waals surface area contributed by atoms with Crippen molar-refractivity contribution in [2.45, 2.75) is 45.1 Å². The molecule has 1 aliphatic rings. The quantitative estimate of drug-likeness (QED) is 0.810. The summed E-state index contributed by atoms with van der Waals surface area (Å²) >= 11 is 0. The lowest BCUT2D eigenvalue weighted by Crippen LogP contribution is -2.43. The summed E-state index contributed by atoms with van der Waals surface area (Å²) in [4.78, 5) is 0. The van der Waals surface area contributed by atoms with E-state index in [2.05, 4.69) is 13.8 Å². The highest BCUT2D eigenvalue weighted by atomic mass is 16.3. The second-order valence-corrected chi connectivity index (χ2v) is 5.15. The van der Waals surface area contributed by atoms with Crippen molar-refractivity contribution >= 4 is 0 Å². The first-order valence-electron chi connectivity index (χ1n) is 5.85. The van der Waals surface area contributed by atoms with Crippen LogP contribution in [0.3, 0.4) is 0 Å². The molecule has 2 nitrogen and oxygen atoms in total. The van der Waals surface area contributed by atoms with E-state index in [9.17, 15) is 5.11 Å². The van der Waals surface area contributed by atoms with E-state index in [1.54, 1.807) is 6.26 Å². The molecule has 0 radical (unpaired) electrons. The van der Waals surface area contributed by atoms with Crippen LogP contribution in [0.2, 0.25) is 0 Å². The molecule has 1 aromatic heterocycles. The standard InChI is InChI=1S/C13H20O2/c1-10-5-6-11(2)13(14,8-10)9-12-4-3-7-15-12/h3-4,7,10-11,14H,5-6,8-9H2,1-2H3. The number of hydrogen-bond acceptors (Lipinski definition) is 2. The van der Waals surface area contributed by atoms with Gasteiger partial charge >= 0.3 is 0 Å². The Labute approximate surface area is 91.3 Å². The fourth-order valence-corrected chi connectivity index (χ4v) is 2.67. The second-order valence-electron chi connectivity index (χ2n) is 5.15. The summed E-state index contributed by atoms with van der Waals surface area (Å²) in [5.74, 6) is 1.90. The Morgan fingerprint density at radius 2 is 2.27 bits per heavy atom. The maximum Gasteiger partial charge on any atom is 0.106 e. The molecule has 1 aliphatic carbocycles. The third kappa shape index (κ3) is 2.25. The average Bonchev–Trinajstić information content (AvgIpc) is 2.64. The molecule has 3 unspecified atom stereocenters. The van der Waals surface area contributed by atoms with Crippen LogP contribution >= 0.6 is 0 Å². The molecule has 1 heterocycles. The molecule has 1 N–H and O–H groups in total. The van der Waals surface area contributed by atoms with Crippen LogP contribution in [0.5, 0.6) is 0 Å². The average molecular weight is 208 g/mol. The monoisotopic (exact) mass is 208 g/mol. The lowest BCUT2D eigenvalue weighted by molar-refractivity contribution is -0.0591. The fraction of sp³-hybridized carbons (Fsp3) is 0.692. The van der Waals surface area contributed by atoms with E-state index in [0.717, 1.165) is 18.6 Å². The largest absolute Gasteiger partial charge is 0.469 e. The van der Waals surface area contributed by atoms with E-state index in [4.69, 9.17) is 4.42 Å². The van der Waals surface area contributed by atoms with Crippen LogP contribution in [0.4, 0.5) is 0 Å². The minimum absolute atomic E-state index is 0.374. The van der Waals surface area contributed by atoms with Gasteiger partial charge in [0.05, 0.1) is 11.9 Å². The van der Waals surface area contributed by atoms with E-state index in [1.165, 1.54) is 6.42 Å². The Kier molecular flexibility index (Phi) is 2.87. The predicted octanol–water partition coefficient (Wildman–Crippen LogP) is 3.01. The van der Waals surface area contributed by atoms with Gasteiger partial charge in [-0.15, -0.1) is 0 Å². The van der Waals surface area contributed by atoms with E-state index in [1.807, 2.05) is 12.1 Å². The Balaban J connectivity index is 2.09. The zero-order chi connectivity index (χ0) is 10.9. The smallest absolute Gasteiger partial charge is 0.106 e. The lowest BCUT2D eigenvalue weighted by atomic mass is 9.70. The molecule has 84 valence electrons. The van der Waals surface area contributed by atoms with E-state index in [0.29, 0.717) is 18.3 Å². The maximum atomic E-state index is 10.6. The molecular weight excluding hydrogens is 188 g/mol. The molecule has 15 heavy (non-hydrogen) atoms. The highest BCUT2D eigenvalue weighted by Gasteiger charge is 2.39. The molecule has 2 rings (SSSR count). The molecule has 2 heteroatoms. The van der Waals surface area contributed by atoms with Gasteiger partial charge in [-0.25, -0.2) is 0 Å². The first-order chi connectivity index (χ1) is 7.10. The predicted molar refractivity (Wildman–Crippen MR) is 59.5 cm³/mol. The van der Waals surface area contributed by atoms with Crippen molar-refractivity contribution in [3.63, 3.8) is 0 Å². The molecule has 0 bridgehead atoms. The third-order valence-corrected chi connectivity index (χ3v) is 3.77. The lowest BCUT2D eigenvalue weighted by Gasteiger charge is -2.40. The first-order valence-corrected chi connectivity index (χ1v) is 5.85. The fourth-order valence-electron chi connectivity index (χ4n) is 2.67. The van der Waals surface area contributed by atoms with Gasteiger partial charge < -0.3 is 9.52 Å². The molecule has 1 fully saturated rings. The molecule has 1 saturated carbocycles. The number of rotatable bonds is 2. The van der Waals surface area contributed by atoms with Crippen LogP contribution in [0, 0.1) is 11.8 Å². The van der Waals surface area contributed by atoms with Crippen molar-refractivity contribution in [3.8, 4) is 0 Å². The summed E-state index contributed by atoms with van der Waals surface area (Å²) in [5, 5.41) is 10.6. The first kappa shape index (κ1) is 10.7. The van der Waals surface area contributed by atoms with Crippen molar-refractivity contribution in [2.75, 3.05) is 0 Å². The van der Waals surface area contributed by atoms with Crippen molar-refractivity contribution in [1.82, 2.24) is 0 Å². The molecule has 3 atom stereocenters. The SMILES string of the molecule is CC1CCC(C)C(O)(Cc2ccco2)C1. The highest BCUT2D eigenvalue weighted by Crippen LogP contribution is 2.38. The summed E-state index contributed by atoms with van der Waals surface area (Å²) in [6.45, 7) is 4.37. The molecule has 0 saturated heterocycles.